The smallest absolute Gasteiger partial charge is 0.234 e. The summed E-state index contributed by atoms with van der Waals surface area (Å²) in [7, 11) is 3.69. The number of carbonyl (C=O) groups is 2. The van der Waals surface area contributed by atoms with Crippen LogP contribution in [-0.2, 0) is 9.59 Å². The van der Waals surface area contributed by atoms with Crippen molar-refractivity contribution < 1.29 is 9.59 Å². The van der Waals surface area contributed by atoms with Crippen molar-refractivity contribution in [2.45, 2.75) is 38.5 Å². The SMILES string of the molecule is CN1C(=O)C2CCCC3=C2C(CCC3)C(=O)N(C)c2ccccc21. The lowest BCUT2D eigenvalue weighted by molar-refractivity contribution is -0.123. The van der Waals surface area contributed by atoms with Crippen molar-refractivity contribution in [3.63, 3.8) is 0 Å². The van der Waals surface area contributed by atoms with E-state index in [0.717, 1.165) is 55.5 Å². The van der Waals surface area contributed by atoms with Gasteiger partial charge in [-0.2, -0.15) is 0 Å². The molecule has 1 aromatic carbocycles. The van der Waals surface area contributed by atoms with Crippen molar-refractivity contribution in [3.05, 3.63) is 35.4 Å². The summed E-state index contributed by atoms with van der Waals surface area (Å²) in [4.78, 5) is 30.0. The highest BCUT2D eigenvalue weighted by Crippen LogP contribution is 2.46. The second kappa shape index (κ2) is 5.76. The number of hydrogen-bond donors (Lipinski definition) is 0. The Hall–Kier alpha value is -2.10. The predicted octanol–water partition coefficient (Wildman–Crippen LogP) is 3.52. The number of carbonyl (C=O) groups excluding carboxylic acids is 2. The van der Waals surface area contributed by atoms with Gasteiger partial charge in [-0.25, -0.2) is 0 Å². The maximum atomic E-state index is 13.3. The highest BCUT2D eigenvalue weighted by molar-refractivity contribution is 6.07. The Kier molecular flexibility index (Phi) is 3.70. The molecule has 4 nitrogen and oxygen atoms in total. The molecule has 1 aliphatic heterocycles. The number of benzene rings is 1. The molecule has 4 heteroatoms. The van der Waals surface area contributed by atoms with Crippen molar-refractivity contribution in [2.24, 2.45) is 11.8 Å². The largest absolute Gasteiger partial charge is 0.313 e. The minimum absolute atomic E-state index is 0.118. The molecule has 0 bridgehead atoms. The van der Waals surface area contributed by atoms with Gasteiger partial charge in [0.25, 0.3) is 0 Å². The zero-order valence-corrected chi connectivity index (χ0v) is 14.4. The molecular weight excluding hydrogens is 300 g/mol. The second-order valence-corrected chi connectivity index (χ2v) is 7.23. The molecule has 1 heterocycles. The van der Waals surface area contributed by atoms with Crippen LogP contribution in [0, 0.1) is 11.8 Å². The first-order valence-electron chi connectivity index (χ1n) is 8.95. The molecular formula is C20H24N2O2. The van der Waals surface area contributed by atoms with Crippen LogP contribution in [0.5, 0.6) is 0 Å². The standard InChI is InChI=1S/C20H24N2O2/c1-21-16-11-3-4-12-17(16)22(2)20(24)15-10-6-8-13-7-5-9-14(18(13)15)19(21)23/h3-4,11-12,14-15H,5-10H2,1-2H3. The van der Waals surface area contributed by atoms with E-state index in [1.807, 2.05) is 38.4 Å². The van der Waals surface area contributed by atoms with E-state index in [0.29, 0.717) is 0 Å². The normalized spacial score (nSPS) is 27.2. The third-order valence-electron chi connectivity index (χ3n) is 5.96. The van der Waals surface area contributed by atoms with Crippen molar-refractivity contribution in [3.8, 4) is 0 Å². The van der Waals surface area contributed by atoms with Crippen LogP contribution >= 0.6 is 0 Å². The molecule has 0 aromatic heterocycles. The average Bonchev–Trinajstić information content (AvgIpc) is 2.66. The molecule has 0 spiro atoms. The Morgan fingerprint density at radius 1 is 0.833 bits per heavy atom. The first-order valence-corrected chi connectivity index (χ1v) is 8.95. The molecule has 0 fully saturated rings. The van der Waals surface area contributed by atoms with Gasteiger partial charge in [0.2, 0.25) is 11.8 Å². The fraction of sp³-hybridized carbons (Fsp3) is 0.500. The third-order valence-corrected chi connectivity index (χ3v) is 5.96. The van der Waals surface area contributed by atoms with Crippen molar-refractivity contribution >= 4 is 23.2 Å². The zero-order chi connectivity index (χ0) is 16.8. The minimum atomic E-state index is -0.118. The van der Waals surface area contributed by atoms with Gasteiger partial charge in [0, 0.05) is 14.1 Å². The van der Waals surface area contributed by atoms with Crippen LogP contribution in [0.25, 0.3) is 0 Å². The summed E-state index contributed by atoms with van der Waals surface area (Å²) in [5.41, 5.74) is 4.19. The van der Waals surface area contributed by atoms with Crippen LogP contribution in [0.2, 0.25) is 0 Å². The van der Waals surface area contributed by atoms with E-state index in [4.69, 9.17) is 0 Å². The number of nitrogens with zero attached hydrogens (tertiary/aromatic N) is 2. The molecule has 3 aliphatic rings. The molecule has 126 valence electrons. The number of amides is 2. The van der Waals surface area contributed by atoms with Crippen molar-refractivity contribution in [2.75, 3.05) is 23.9 Å². The lowest BCUT2D eigenvalue weighted by atomic mass is 9.70. The van der Waals surface area contributed by atoms with E-state index < -0.39 is 0 Å². The summed E-state index contributed by atoms with van der Waals surface area (Å²) in [5, 5.41) is 0. The Morgan fingerprint density at radius 3 is 1.75 bits per heavy atom. The topological polar surface area (TPSA) is 40.6 Å². The van der Waals surface area contributed by atoms with Crippen molar-refractivity contribution in [1.82, 2.24) is 0 Å². The van der Waals surface area contributed by atoms with Crippen LogP contribution in [0.4, 0.5) is 11.4 Å². The lowest BCUT2D eigenvalue weighted by Gasteiger charge is -2.37. The molecule has 0 N–H and O–H groups in total. The van der Waals surface area contributed by atoms with Gasteiger partial charge in [-0.1, -0.05) is 17.7 Å². The molecule has 0 saturated carbocycles. The summed E-state index contributed by atoms with van der Waals surface area (Å²) < 4.78 is 0. The monoisotopic (exact) mass is 324 g/mol. The lowest BCUT2D eigenvalue weighted by Crippen LogP contribution is -2.40. The van der Waals surface area contributed by atoms with E-state index >= 15 is 0 Å². The molecule has 0 radical (unpaired) electrons. The maximum Gasteiger partial charge on any atom is 0.234 e. The highest BCUT2D eigenvalue weighted by atomic mass is 16.2. The van der Waals surface area contributed by atoms with E-state index in [2.05, 4.69) is 0 Å². The first-order chi connectivity index (χ1) is 11.6. The van der Waals surface area contributed by atoms with Gasteiger partial charge in [-0.3, -0.25) is 9.59 Å². The summed E-state index contributed by atoms with van der Waals surface area (Å²) in [6.45, 7) is 0. The van der Waals surface area contributed by atoms with Crippen LogP contribution in [0.3, 0.4) is 0 Å². The molecule has 2 aliphatic carbocycles. The number of fused-ring (bicyclic) bond motifs is 1. The molecule has 2 unspecified atom stereocenters. The van der Waals surface area contributed by atoms with Gasteiger partial charge in [0.1, 0.15) is 0 Å². The molecule has 4 rings (SSSR count). The van der Waals surface area contributed by atoms with Crippen LogP contribution in [0.1, 0.15) is 38.5 Å². The van der Waals surface area contributed by atoms with E-state index in [9.17, 15) is 9.59 Å². The Bertz CT molecular complexity index is 678. The summed E-state index contributed by atoms with van der Waals surface area (Å²) in [5.74, 6) is 0.0504. The van der Waals surface area contributed by atoms with Crippen LogP contribution in [-0.4, -0.2) is 25.9 Å². The molecule has 24 heavy (non-hydrogen) atoms. The number of para-hydroxylation sites is 2. The minimum Gasteiger partial charge on any atom is -0.313 e. The molecule has 0 saturated heterocycles. The fourth-order valence-corrected chi connectivity index (χ4v) is 4.75. The van der Waals surface area contributed by atoms with E-state index in [-0.39, 0.29) is 23.7 Å². The number of anilines is 2. The first kappa shape index (κ1) is 15.4. The summed E-state index contributed by atoms with van der Waals surface area (Å²) >= 11 is 0. The fourth-order valence-electron chi connectivity index (χ4n) is 4.75. The second-order valence-electron chi connectivity index (χ2n) is 7.23. The van der Waals surface area contributed by atoms with Crippen LogP contribution in [0.15, 0.2) is 35.4 Å². The quantitative estimate of drug-likeness (QED) is 0.685. The Labute approximate surface area is 143 Å². The number of rotatable bonds is 0. The highest BCUT2D eigenvalue weighted by Gasteiger charge is 2.42. The molecule has 2 amide bonds. The Balaban J connectivity index is 1.92. The van der Waals surface area contributed by atoms with Gasteiger partial charge in [0.15, 0.2) is 0 Å². The summed E-state index contributed by atoms with van der Waals surface area (Å²) in [6.07, 6.45) is 5.98. The van der Waals surface area contributed by atoms with Gasteiger partial charge < -0.3 is 9.80 Å². The summed E-state index contributed by atoms with van der Waals surface area (Å²) in [6, 6.07) is 7.73. The van der Waals surface area contributed by atoms with Gasteiger partial charge in [-0.15, -0.1) is 0 Å². The van der Waals surface area contributed by atoms with Crippen LogP contribution < -0.4 is 9.80 Å². The predicted molar refractivity (Wildman–Crippen MR) is 95.0 cm³/mol. The third kappa shape index (κ3) is 2.20. The van der Waals surface area contributed by atoms with Gasteiger partial charge in [-0.05, 0) is 56.2 Å². The number of hydrogen-bond acceptors (Lipinski definition) is 2. The van der Waals surface area contributed by atoms with E-state index in [1.165, 1.54) is 5.57 Å². The number of allylic oxidation sites excluding steroid dienone is 1. The Morgan fingerprint density at radius 2 is 1.29 bits per heavy atom. The molecule has 2 atom stereocenters. The van der Waals surface area contributed by atoms with Crippen molar-refractivity contribution in [1.29, 1.82) is 0 Å². The van der Waals surface area contributed by atoms with Gasteiger partial charge >= 0.3 is 0 Å². The maximum absolute atomic E-state index is 13.3. The van der Waals surface area contributed by atoms with E-state index in [1.54, 1.807) is 9.80 Å². The molecule has 1 aromatic rings. The van der Waals surface area contributed by atoms with Gasteiger partial charge in [0.05, 0.1) is 23.2 Å². The zero-order valence-electron chi connectivity index (χ0n) is 14.4. The average molecular weight is 324 g/mol.